The Hall–Kier alpha value is -1.59. The fourth-order valence-corrected chi connectivity index (χ4v) is 2.64. The fraction of sp³-hybridized carbons (Fsp3) is 0.562. The van der Waals surface area contributed by atoms with Crippen molar-refractivity contribution >= 4 is 6.03 Å². The smallest absolute Gasteiger partial charge is 0.315 e. The van der Waals surface area contributed by atoms with Crippen molar-refractivity contribution in [2.75, 3.05) is 26.2 Å². The van der Waals surface area contributed by atoms with Crippen LogP contribution in [0.3, 0.4) is 0 Å². The van der Waals surface area contributed by atoms with Gasteiger partial charge >= 0.3 is 6.03 Å². The average molecular weight is 291 g/mol. The molecule has 2 N–H and O–H groups in total. The SMILES string of the molecule is CC1CN(CCNC(=O)NCc2ccccc2)CC(C)O1. The molecule has 0 spiro atoms. The van der Waals surface area contributed by atoms with Crippen LogP contribution in [0.2, 0.25) is 0 Å². The third kappa shape index (κ3) is 5.73. The monoisotopic (exact) mass is 291 g/mol. The molecule has 1 saturated heterocycles. The van der Waals surface area contributed by atoms with E-state index in [0.717, 1.165) is 25.2 Å². The summed E-state index contributed by atoms with van der Waals surface area (Å²) in [7, 11) is 0. The molecule has 0 bridgehead atoms. The third-order valence-corrected chi connectivity index (χ3v) is 3.50. The van der Waals surface area contributed by atoms with Crippen LogP contribution in [0.5, 0.6) is 0 Å². The van der Waals surface area contributed by atoms with Gasteiger partial charge in [0.05, 0.1) is 12.2 Å². The minimum absolute atomic E-state index is 0.117. The van der Waals surface area contributed by atoms with Crippen LogP contribution in [0, 0.1) is 0 Å². The Kier molecular flexibility index (Phi) is 6.02. The quantitative estimate of drug-likeness (QED) is 0.866. The minimum atomic E-state index is -0.117. The third-order valence-electron chi connectivity index (χ3n) is 3.50. The van der Waals surface area contributed by atoms with Crippen molar-refractivity contribution in [3.63, 3.8) is 0 Å². The first-order valence-electron chi connectivity index (χ1n) is 7.57. The summed E-state index contributed by atoms with van der Waals surface area (Å²) in [6.07, 6.45) is 0.529. The topological polar surface area (TPSA) is 53.6 Å². The number of hydrogen-bond donors (Lipinski definition) is 2. The van der Waals surface area contributed by atoms with Gasteiger partial charge in [0.15, 0.2) is 0 Å². The van der Waals surface area contributed by atoms with Crippen LogP contribution in [0.1, 0.15) is 19.4 Å². The van der Waals surface area contributed by atoms with Crippen molar-refractivity contribution in [2.24, 2.45) is 0 Å². The normalized spacial score (nSPS) is 22.8. The van der Waals surface area contributed by atoms with Crippen molar-refractivity contribution in [1.29, 1.82) is 0 Å². The molecule has 1 aliphatic rings. The molecule has 1 aromatic carbocycles. The summed E-state index contributed by atoms with van der Waals surface area (Å²) in [5.41, 5.74) is 1.10. The number of nitrogens with zero attached hydrogens (tertiary/aromatic N) is 1. The zero-order valence-corrected chi connectivity index (χ0v) is 12.8. The molecule has 2 atom stereocenters. The van der Waals surface area contributed by atoms with Crippen molar-refractivity contribution in [1.82, 2.24) is 15.5 Å². The summed E-state index contributed by atoms with van der Waals surface area (Å²) in [6.45, 7) is 8.09. The van der Waals surface area contributed by atoms with Crippen LogP contribution in [-0.4, -0.2) is 49.3 Å². The second-order valence-electron chi connectivity index (χ2n) is 5.61. The van der Waals surface area contributed by atoms with Gasteiger partial charge in [-0.2, -0.15) is 0 Å². The molecule has 0 aliphatic carbocycles. The molecule has 1 aliphatic heterocycles. The van der Waals surface area contributed by atoms with E-state index in [0.29, 0.717) is 13.1 Å². The van der Waals surface area contributed by atoms with Gasteiger partial charge in [0, 0.05) is 32.7 Å². The van der Waals surface area contributed by atoms with Gasteiger partial charge in [-0.3, -0.25) is 4.90 Å². The maximum atomic E-state index is 11.7. The lowest BCUT2D eigenvalue weighted by molar-refractivity contribution is -0.0672. The Morgan fingerprint density at radius 3 is 2.52 bits per heavy atom. The number of ether oxygens (including phenoxy) is 1. The zero-order valence-electron chi connectivity index (χ0n) is 12.8. The largest absolute Gasteiger partial charge is 0.373 e. The molecular formula is C16H25N3O2. The number of morpholine rings is 1. The Balaban J connectivity index is 1.61. The molecule has 2 rings (SSSR count). The highest BCUT2D eigenvalue weighted by atomic mass is 16.5. The van der Waals surface area contributed by atoms with Crippen molar-refractivity contribution in [2.45, 2.75) is 32.6 Å². The van der Waals surface area contributed by atoms with Crippen LogP contribution < -0.4 is 10.6 Å². The second-order valence-corrected chi connectivity index (χ2v) is 5.61. The molecule has 2 unspecified atom stereocenters. The van der Waals surface area contributed by atoms with Crippen LogP contribution in [-0.2, 0) is 11.3 Å². The zero-order chi connectivity index (χ0) is 15.1. The second kappa shape index (κ2) is 8.00. The van der Waals surface area contributed by atoms with Gasteiger partial charge in [0.25, 0.3) is 0 Å². The van der Waals surface area contributed by atoms with Crippen LogP contribution >= 0.6 is 0 Å². The summed E-state index contributed by atoms with van der Waals surface area (Å²) in [5, 5.41) is 5.76. The maximum absolute atomic E-state index is 11.7. The molecule has 1 fully saturated rings. The molecule has 21 heavy (non-hydrogen) atoms. The summed E-state index contributed by atoms with van der Waals surface area (Å²) in [5.74, 6) is 0. The number of hydrogen-bond acceptors (Lipinski definition) is 3. The van der Waals surface area contributed by atoms with Crippen LogP contribution in [0.4, 0.5) is 4.79 Å². The Labute approximate surface area is 126 Å². The Morgan fingerprint density at radius 1 is 1.19 bits per heavy atom. The van der Waals surface area contributed by atoms with Gasteiger partial charge in [-0.1, -0.05) is 30.3 Å². The molecular weight excluding hydrogens is 266 g/mol. The van der Waals surface area contributed by atoms with E-state index in [1.165, 1.54) is 0 Å². The molecule has 0 radical (unpaired) electrons. The molecule has 116 valence electrons. The first kappa shape index (κ1) is 15.8. The highest BCUT2D eigenvalue weighted by Crippen LogP contribution is 2.09. The molecule has 5 nitrogen and oxygen atoms in total. The number of carbonyl (C=O) groups excluding carboxylic acids is 1. The number of benzene rings is 1. The lowest BCUT2D eigenvalue weighted by Gasteiger charge is -2.35. The number of rotatable bonds is 5. The highest BCUT2D eigenvalue weighted by Gasteiger charge is 2.21. The predicted molar refractivity (Wildman–Crippen MR) is 83.1 cm³/mol. The van der Waals surface area contributed by atoms with E-state index in [1.807, 2.05) is 30.3 Å². The van der Waals surface area contributed by atoms with E-state index in [1.54, 1.807) is 0 Å². The van der Waals surface area contributed by atoms with Gasteiger partial charge in [-0.05, 0) is 19.4 Å². The lowest BCUT2D eigenvalue weighted by Crippen LogP contribution is -2.48. The van der Waals surface area contributed by atoms with Crippen molar-refractivity contribution in [3.8, 4) is 0 Å². The summed E-state index contributed by atoms with van der Waals surface area (Å²) in [6, 6.07) is 9.78. The van der Waals surface area contributed by atoms with Gasteiger partial charge in [-0.15, -0.1) is 0 Å². The van der Waals surface area contributed by atoms with E-state index >= 15 is 0 Å². The lowest BCUT2D eigenvalue weighted by atomic mass is 10.2. The van der Waals surface area contributed by atoms with Gasteiger partial charge in [0.2, 0.25) is 0 Å². The maximum Gasteiger partial charge on any atom is 0.315 e. The van der Waals surface area contributed by atoms with Gasteiger partial charge in [0.1, 0.15) is 0 Å². The van der Waals surface area contributed by atoms with Crippen LogP contribution in [0.25, 0.3) is 0 Å². The van der Waals surface area contributed by atoms with E-state index in [4.69, 9.17) is 4.74 Å². The van der Waals surface area contributed by atoms with Crippen molar-refractivity contribution in [3.05, 3.63) is 35.9 Å². The van der Waals surface area contributed by atoms with Gasteiger partial charge in [-0.25, -0.2) is 4.79 Å². The number of urea groups is 1. The van der Waals surface area contributed by atoms with Gasteiger partial charge < -0.3 is 15.4 Å². The molecule has 2 amide bonds. The van der Waals surface area contributed by atoms with E-state index in [2.05, 4.69) is 29.4 Å². The summed E-state index contributed by atoms with van der Waals surface area (Å²) < 4.78 is 5.69. The predicted octanol–water partition coefficient (Wildman–Crippen LogP) is 1.59. The van der Waals surface area contributed by atoms with Crippen molar-refractivity contribution < 1.29 is 9.53 Å². The standard InChI is InChI=1S/C16H25N3O2/c1-13-11-19(12-14(2)21-13)9-8-17-16(20)18-10-15-6-4-3-5-7-15/h3-7,13-14H,8-12H2,1-2H3,(H2,17,18,20). The van der Waals surface area contributed by atoms with E-state index < -0.39 is 0 Å². The summed E-state index contributed by atoms with van der Waals surface area (Å²) in [4.78, 5) is 14.1. The van der Waals surface area contributed by atoms with E-state index in [-0.39, 0.29) is 18.2 Å². The fourth-order valence-electron chi connectivity index (χ4n) is 2.64. The Morgan fingerprint density at radius 2 is 1.86 bits per heavy atom. The number of carbonyl (C=O) groups is 1. The minimum Gasteiger partial charge on any atom is -0.373 e. The summed E-state index contributed by atoms with van der Waals surface area (Å²) >= 11 is 0. The number of amides is 2. The highest BCUT2D eigenvalue weighted by molar-refractivity contribution is 5.73. The van der Waals surface area contributed by atoms with Crippen LogP contribution in [0.15, 0.2) is 30.3 Å². The molecule has 1 heterocycles. The first-order valence-corrected chi connectivity index (χ1v) is 7.57. The average Bonchev–Trinajstić information content (AvgIpc) is 2.45. The van der Waals surface area contributed by atoms with E-state index in [9.17, 15) is 4.79 Å². The Bertz CT molecular complexity index is 428. The molecule has 0 aromatic heterocycles. The first-order chi connectivity index (χ1) is 10.1. The molecule has 1 aromatic rings. The molecule has 0 saturated carbocycles. The molecule has 5 heteroatoms. The number of nitrogens with one attached hydrogen (secondary N) is 2.